The molecule has 1 aromatic heterocycles. The van der Waals surface area contributed by atoms with Crippen molar-refractivity contribution in [1.82, 2.24) is 4.98 Å². The number of hydrogen-bond donors (Lipinski definition) is 1. The standard InChI is InChI=1S/C22H27N3O3/c1-15(27-12-16-10-22(2,3)28-13-16)17-6-7-19-20(9-17)25(14-26)11-18-5-4-8-23-21(18)24-19/h4-9,14-16H,10-13H2,1-3H3,(H,23,24). The van der Waals surface area contributed by atoms with E-state index in [1.807, 2.05) is 37.3 Å². The highest BCUT2D eigenvalue weighted by Crippen LogP contribution is 2.37. The van der Waals surface area contributed by atoms with E-state index in [9.17, 15) is 4.79 Å². The molecule has 0 aliphatic carbocycles. The molecule has 6 heteroatoms. The largest absolute Gasteiger partial charge is 0.375 e. The van der Waals surface area contributed by atoms with Crippen molar-refractivity contribution in [3.63, 3.8) is 0 Å². The van der Waals surface area contributed by atoms with Crippen molar-refractivity contribution < 1.29 is 14.3 Å². The Kier molecular flexibility index (Phi) is 5.08. The molecule has 2 aromatic rings. The van der Waals surface area contributed by atoms with Crippen molar-refractivity contribution in [1.29, 1.82) is 0 Å². The third kappa shape index (κ3) is 3.88. The summed E-state index contributed by atoms with van der Waals surface area (Å²) in [5.41, 5.74) is 3.68. The van der Waals surface area contributed by atoms with Crippen molar-refractivity contribution in [2.45, 2.75) is 45.4 Å². The van der Waals surface area contributed by atoms with Crippen molar-refractivity contribution in [3.8, 4) is 0 Å². The van der Waals surface area contributed by atoms with Gasteiger partial charge in [0, 0.05) is 17.7 Å². The lowest BCUT2D eigenvalue weighted by atomic mass is 9.98. The summed E-state index contributed by atoms with van der Waals surface area (Å²) in [7, 11) is 0. The van der Waals surface area contributed by atoms with Crippen LogP contribution in [-0.4, -0.2) is 30.2 Å². The molecule has 2 aliphatic heterocycles. The van der Waals surface area contributed by atoms with E-state index in [0.29, 0.717) is 19.1 Å². The van der Waals surface area contributed by atoms with E-state index in [4.69, 9.17) is 9.47 Å². The van der Waals surface area contributed by atoms with Crippen molar-refractivity contribution in [2.75, 3.05) is 23.4 Å². The van der Waals surface area contributed by atoms with Gasteiger partial charge in [-0.25, -0.2) is 4.98 Å². The minimum absolute atomic E-state index is 0.0551. The zero-order valence-corrected chi connectivity index (χ0v) is 16.6. The van der Waals surface area contributed by atoms with Crippen molar-refractivity contribution in [2.24, 2.45) is 5.92 Å². The molecule has 6 nitrogen and oxygen atoms in total. The van der Waals surface area contributed by atoms with Gasteiger partial charge in [-0.1, -0.05) is 12.1 Å². The monoisotopic (exact) mass is 381 g/mol. The second kappa shape index (κ2) is 7.53. The SMILES string of the molecule is CC(OCC1COC(C)(C)C1)c1ccc2c(c1)N(C=O)Cc1cccnc1N2. The van der Waals surface area contributed by atoms with Gasteiger partial charge in [0.1, 0.15) is 5.82 Å². The van der Waals surface area contributed by atoms with E-state index in [2.05, 4.69) is 24.1 Å². The number of ether oxygens (including phenoxy) is 2. The molecular formula is C22H27N3O3. The number of benzene rings is 1. The summed E-state index contributed by atoms with van der Waals surface area (Å²) in [5, 5.41) is 3.35. The number of anilines is 3. The molecule has 2 aliphatic rings. The number of rotatable bonds is 5. The van der Waals surface area contributed by atoms with E-state index in [0.717, 1.165) is 47.8 Å². The van der Waals surface area contributed by atoms with Gasteiger partial charge in [-0.05, 0) is 51.0 Å². The van der Waals surface area contributed by atoms with Gasteiger partial charge in [0.2, 0.25) is 6.41 Å². The lowest BCUT2D eigenvalue weighted by Crippen LogP contribution is -2.20. The summed E-state index contributed by atoms with van der Waals surface area (Å²) >= 11 is 0. The summed E-state index contributed by atoms with van der Waals surface area (Å²) in [6, 6.07) is 9.93. The maximum absolute atomic E-state index is 11.8. The molecule has 28 heavy (non-hydrogen) atoms. The molecule has 148 valence electrons. The van der Waals surface area contributed by atoms with Crippen LogP contribution >= 0.6 is 0 Å². The minimum atomic E-state index is -0.0636. The van der Waals surface area contributed by atoms with Crippen LogP contribution in [0.25, 0.3) is 0 Å². The zero-order chi connectivity index (χ0) is 19.7. The Labute approximate surface area is 165 Å². The van der Waals surface area contributed by atoms with Crippen LogP contribution < -0.4 is 10.2 Å². The van der Waals surface area contributed by atoms with Gasteiger partial charge < -0.3 is 19.7 Å². The average molecular weight is 381 g/mol. The maximum atomic E-state index is 11.8. The lowest BCUT2D eigenvalue weighted by Gasteiger charge is -2.21. The van der Waals surface area contributed by atoms with Gasteiger partial charge in [-0.15, -0.1) is 0 Å². The predicted octanol–water partition coefficient (Wildman–Crippen LogP) is 4.19. The smallest absolute Gasteiger partial charge is 0.214 e. The fraction of sp³-hybridized carbons (Fsp3) is 0.455. The first kappa shape index (κ1) is 18.9. The summed E-state index contributed by atoms with van der Waals surface area (Å²) in [5.74, 6) is 1.21. The molecule has 0 bridgehead atoms. The molecular weight excluding hydrogens is 354 g/mol. The number of aromatic nitrogens is 1. The Hall–Kier alpha value is -2.44. The zero-order valence-electron chi connectivity index (χ0n) is 16.6. The van der Waals surface area contributed by atoms with Gasteiger partial charge >= 0.3 is 0 Å². The van der Waals surface area contributed by atoms with Gasteiger partial charge in [0.25, 0.3) is 0 Å². The van der Waals surface area contributed by atoms with E-state index in [-0.39, 0.29) is 11.7 Å². The van der Waals surface area contributed by atoms with Crippen LogP contribution in [0.1, 0.15) is 44.4 Å². The van der Waals surface area contributed by atoms with Gasteiger partial charge in [-0.2, -0.15) is 0 Å². The number of carbonyl (C=O) groups excluding carboxylic acids is 1. The average Bonchev–Trinajstić information content (AvgIpc) is 2.95. The second-order valence-corrected chi connectivity index (χ2v) is 8.26. The van der Waals surface area contributed by atoms with E-state index in [1.165, 1.54) is 0 Å². The first-order chi connectivity index (χ1) is 13.4. The molecule has 2 unspecified atom stereocenters. The first-order valence-electron chi connectivity index (χ1n) is 9.77. The molecule has 1 aromatic carbocycles. The molecule has 1 saturated heterocycles. The maximum Gasteiger partial charge on any atom is 0.214 e. The first-order valence-corrected chi connectivity index (χ1v) is 9.77. The second-order valence-electron chi connectivity index (χ2n) is 8.26. The molecule has 1 fully saturated rings. The number of pyridine rings is 1. The fourth-order valence-electron chi connectivity index (χ4n) is 3.95. The predicted molar refractivity (Wildman–Crippen MR) is 109 cm³/mol. The normalized spacial score (nSPS) is 21.2. The molecule has 0 radical (unpaired) electrons. The summed E-state index contributed by atoms with van der Waals surface area (Å²) in [4.78, 5) is 17.9. The summed E-state index contributed by atoms with van der Waals surface area (Å²) in [6.45, 7) is 8.20. The molecule has 1 N–H and O–H groups in total. The summed E-state index contributed by atoms with van der Waals surface area (Å²) < 4.78 is 11.9. The Balaban J connectivity index is 1.51. The molecule has 3 heterocycles. The van der Waals surface area contributed by atoms with Gasteiger partial charge in [0.15, 0.2) is 0 Å². The van der Waals surface area contributed by atoms with Crippen LogP contribution in [0, 0.1) is 5.92 Å². The highest BCUT2D eigenvalue weighted by Gasteiger charge is 2.32. The highest BCUT2D eigenvalue weighted by molar-refractivity contribution is 5.87. The Bertz CT molecular complexity index is 868. The number of carbonyl (C=O) groups is 1. The number of hydrogen-bond acceptors (Lipinski definition) is 5. The molecule has 2 atom stereocenters. The lowest BCUT2D eigenvalue weighted by molar-refractivity contribution is -0.107. The van der Waals surface area contributed by atoms with Crippen LogP contribution in [0.2, 0.25) is 0 Å². The van der Waals surface area contributed by atoms with E-state index in [1.54, 1.807) is 11.1 Å². The topological polar surface area (TPSA) is 63.7 Å². The number of amides is 1. The van der Waals surface area contributed by atoms with Crippen molar-refractivity contribution >= 4 is 23.6 Å². The van der Waals surface area contributed by atoms with Crippen LogP contribution in [0.4, 0.5) is 17.2 Å². The molecule has 1 amide bonds. The fourth-order valence-corrected chi connectivity index (χ4v) is 3.95. The third-order valence-corrected chi connectivity index (χ3v) is 5.48. The molecule has 4 rings (SSSR count). The Morgan fingerprint density at radius 2 is 2.29 bits per heavy atom. The Morgan fingerprint density at radius 3 is 3.04 bits per heavy atom. The van der Waals surface area contributed by atoms with Crippen LogP contribution in [0.5, 0.6) is 0 Å². The van der Waals surface area contributed by atoms with Crippen LogP contribution in [-0.2, 0) is 20.8 Å². The van der Waals surface area contributed by atoms with Crippen LogP contribution in [0.3, 0.4) is 0 Å². The number of nitrogens with zero attached hydrogens (tertiary/aromatic N) is 2. The Morgan fingerprint density at radius 1 is 1.43 bits per heavy atom. The van der Waals surface area contributed by atoms with E-state index >= 15 is 0 Å². The quantitative estimate of drug-likeness (QED) is 0.787. The van der Waals surface area contributed by atoms with E-state index < -0.39 is 0 Å². The molecule has 0 saturated carbocycles. The number of fused-ring (bicyclic) bond motifs is 2. The van der Waals surface area contributed by atoms with Crippen molar-refractivity contribution in [3.05, 3.63) is 47.7 Å². The minimum Gasteiger partial charge on any atom is -0.375 e. The highest BCUT2D eigenvalue weighted by atomic mass is 16.5. The van der Waals surface area contributed by atoms with Crippen LogP contribution in [0.15, 0.2) is 36.5 Å². The van der Waals surface area contributed by atoms with Gasteiger partial charge in [0.05, 0.1) is 42.8 Å². The summed E-state index contributed by atoms with van der Waals surface area (Å²) in [6.07, 6.45) is 3.57. The van der Waals surface area contributed by atoms with Gasteiger partial charge in [-0.3, -0.25) is 4.79 Å². The number of nitrogens with one attached hydrogen (secondary N) is 1. The molecule has 0 spiro atoms. The third-order valence-electron chi connectivity index (χ3n) is 5.48.